The zero-order valence-electron chi connectivity index (χ0n) is 15.5. The zero-order chi connectivity index (χ0) is 18.7. The number of benzene rings is 1. The summed E-state index contributed by atoms with van der Waals surface area (Å²) < 4.78 is 0. The van der Waals surface area contributed by atoms with Crippen LogP contribution in [0.5, 0.6) is 0 Å². The van der Waals surface area contributed by atoms with Crippen molar-refractivity contribution in [2.75, 3.05) is 26.2 Å². The number of rotatable bonds is 3. The van der Waals surface area contributed by atoms with Crippen LogP contribution in [0, 0.1) is 0 Å². The Morgan fingerprint density at radius 3 is 2.07 bits per heavy atom. The van der Waals surface area contributed by atoms with E-state index < -0.39 is 0 Å². The molecule has 4 rings (SSSR count). The highest BCUT2D eigenvalue weighted by molar-refractivity contribution is 5.93. The molecule has 0 atom stereocenters. The lowest BCUT2D eigenvalue weighted by atomic mass is 9.77. The summed E-state index contributed by atoms with van der Waals surface area (Å²) in [6.07, 6.45) is 5.67. The topological polar surface area (TPSA) is 53.5 Å². The van der Waals surface area contributed by atoms with Gasteiger partial charge in [-0.25, -0.2) is 0 Å². The van der Waals surface area contributed by atoms with E-state index in [9.17, 15) is 9.59 Å². The molecule has 2 heterocycles. The molecular formula is C22H25N3O2. The minimum atomic E-state index is -0.381. The second-order valence-electron chi connectivity index (χ2n) is 7.45. The summed E-state index contributed by atoms with van der Waals surface area (Å²) >= 11 is 0. The largest absolute Gasteiger partial charge is 0.338 e. The molecule has 140 valence electrons. The summed E-state index contributed by atoms with van der Waals surface area (Å²) in [5, 5.41) is 0. The summed E-state index contributed by atoms with van der Waals surface area (Å²) in [4.78, 5) is 34.0. The minimum absolute atomic E-state index is 0.0543. The monoisotopic (exact) mass is 363 g/mol. The van der Waals surface area contributed by atoms with Crippen molar-refractivity contribution in [3.63, 3.8) is 0 Å². The van der Waals surface area contributed by atoms with Crippen LogP contribution in [0.4, 0.5) is 0 Å². The third-order valence-electron chi connectivity index (χ3n) is 5.93. The van der Waals surface area contributed by atoms with Crippen LogP contribution < -0.4 is 0 Å². The van der Waals surface area contributed by atoms with Crippen LogP contribution in [-0.2, 0) is 10.2 Å². The van der Waals surface area contributed by atoms with E-state index in [1.807, 2.05) is 29.2 Å². The molecule has 0 N–H and O–H groups in total. The Balaban J connectivity index is 1.46. The summed E-state index contributed by atoms with van der Waals surface area (Å²) in [6.45, 7) is 2.30. The smallest absolute Gasteiger partial charge is 0.272 e. The number of aromatic nitrogens is 1. The fourth-order valence-corrected chi connectivity index (χ4v) is 4.43. The van der Waals surface area contributed by atoms with Crippen molar-refractivity contribution < 1.29 is 9.59 Å². The lowest BCUT2D eigenvalue weighted by Crippen LogP contribution is -2.55. The van der Waals surface area contributed by atoms with Crippen LogP contribution >= 0.6 is 0 Å². The van der Waals surface area contributed by atoms with Gasteiger partial charge in [0.25, 0.3) is 5.91 Å². The van der Waals surface area contributed by atoms with Crippen LogP contribution in [0.3, 0.4) is 0 Å². The SMILES string of the molecule is O=C(c1ccccn1)N1CCN(C(=O)C2(c3ccccc3)CCCC2)CC1. The standard InChI is InChI=1S/C22H25N3O2/c26-20(19-10-4-7-13-23-19)24-14-16-25(17-15-24)21(27)22(11-5-6-12-22)18-8-2-1-3-9-18/h1-4,7-10,13H,5-6,11-12,14-17H2. The highest BCUT2D eigenvalue weighted by Crippen LogP contribution is 2.42. The van der Waals surface area contributed by atoms with Gasteiger partial charge in [0.15, 0.2) is 0 Å². The Bertz CT molecular complexity index is 793. The van der Waals surface area contributed by atoms with Gasteiger partial charge in [-0.2, -0.15) is 0 Å². The third kappa shape index (κ3) is 3.34. The Kier molecular flexibility index (Phi) is 4.92. The highest BCUT2D eigenvalue weighted by Gasteiger charge is 2.45. The van der Waals surface area contributed by atoms with Crippen molar-refractivity contribution in [1.29, 1.82) is 0 Å². The van der Waals surface area contributed by atoms with Gasteiger partial charge in [0.1, 0.15) is 5.69 Å². The molecule has 5 heteroatoms. The maximum absolute atomic E-state index is 13.5. The molecule has 0 unspecified atom stereocenters. The van der Waals surface area contributed by atoms with Crippen molar-refractivity contribution in [1.82, 2.24) is 14.8 Å². The van der Waals surface area contributed by atoms with Crippen LogP contribution in [0.25, 0.3) is 0 Å². The number of piperazine rings is 1. The third-order valence-corrected chi connectivity index (χ3v) is 5.93. The summed E-state index contributed by atoms with van der Waals surface area (Å²) in [5.74, 6) is 0.178. The maximum Gasteiger partial charge on any atom is 0.272 e. The minimum Gasteiger partial charge on any atom is -0.338 e. The first kappa shape index (κ1) is 17.7. The van der Waals surface area contributed by atoms with Crippen molar-refractivity contribution >= 4 is 11.8 Å². The van der Waals surface area contributed by atoms with Gasteiger partial charge in [0.05, 0.1) is 5.41 Å². The van der Waals surface area contributed by atoms with Crippen molar-refractivity contribution in [2.45, 2.75) is 31.1 Å². The average Bonchev–Trinajstić information content (AvgIpc) is 3.25. The summed E-state index contributed by atoms with van der Waals surface area (Å²) in [7, 11) is 0. The lowest BCUT2D eigenvalue weighted by Gasteiger charge is -2.40. The van der Waals surface area contributed by atoms with Crippen molar-refractivity contribution in [3.8, 4) is 0 Å². The number of hydrogen-bond acceptors (Lipinski definition) is 3. The van der Waals surface area contributed by atoms with Crippen molar-refractivity contribution in [2.24, 2.45) is 0 Å². The normalized spacial score (nSPS) is 19.1. The second kappa shape index (κ2) is 7.51. The van der Waals surface area contributed by atoms with Gasteiger partial charge in [-0.3, -0.25) is 14.6 Å². The number of nitrogens with zero attached hydrogens (tertiary/aromatic N) is 3. The van der Waals surface area contributed by atoms with Gasteiger partial charge in [0.2, 0.25) is 5.91 Å². The van der Waals surface area contributed by atoms with E-state index in [2.05, 4.69) is 17.1 Å². The molecule has 2 aliphatic rings. The van der Waals surface area contributed by atoms with Crippen LogP contribution in [0.15, 0.2) is 54.7 Å². The Labute approximate surface area is 160 Å². The molecular weight excluding hydrogens is 338 g/mol. The molecule has 1 saturated carbocycles. The quantitative estimate of drug-likeness (QED) is 0.843. The van der Waals surface area contributed by atoms with Crippen LogP contribution in [-0.4, -0.2) is 52.8 Å². The number of carbonyl (C=O) groups excluding carboxylic acids is 2. The van der Waals surface area contributed by atoms with E-state index in [1.54, 1.807) is 23.2 Å². The first-order valence-electron chi connectivity index (χ1n) is 9.76. The van der Waals surface area contributed by atoms with Crippen LogP contribution in [0.2, 0.25) is 0 Å². The summed E-state index contributed by atoms with van der Waals surface area (Å²) in [6, 6.07) is 15.6. The molecule has 1 aromatic carbocycles. The maximum atomic E-state index is 13.5. The number of hydrogen-bond donors (Lipinski definition) is 0. The van der Waals surface area contributed by atoms with E-state index in [-0.39, 0.29) is 17.2 Å². The zero-order valence-corrected chi connectivity index (χ0v) is 15.5. The molecule has 1 aliphatic carbocycles. The van der Waals surface area contributed by atoms with E-state index >= 15 is 0 Å². The lowest BCUT2D eigenvalue weighted by molar-refractivity contribution is -0.138. The van der Waals surface area contributed by atoms with E-state index in [4.69, 9.17) is 0 Å². The Morgan fingerprint density at radius 1 is 0.815 bits per heavy atom. The number of amides is 2. The van der Waals surface area contributed by atoms with E-state index in [0.717, 1.165) is 31.2 Å². The van der Waals surface area contributed by atoms with Gasteiger partial charge in [0, 0.05) is 32.4 Å². The highest BCUT2D eigenvalue weighted by atomic mass is 16.2. The first-order valence-corrected chi connectivity index (χ1v) is 9.76. The molecule has 0 bridgehead atoms. The Hall–Kier alpha value is -2.69. The molecule has 1 aromatic heterocycles. The van der Waals surface area contributed by atoms with E-state index in [1.165, 1.54) is 0 Å². The molecule has 1 saturated heterocycles. The molecule has 2 amide bonds. The summed E-state index contributed by atoms with van der Waals surface area (Å²) in [5.41, 5.74) is 1.22. The van der Waals surface area contributed by atoms with Gasteiger partial charge < -0.3 is 9.80 Å². The first-order chi connectivity index (χ1) is 13.2. The fourth-order valence-electron chi connectivity index (χ4n) is 4.43. The molecule has 2 fully saturated rings. The van der Waals surface area contributed by atoms with Gasteiger partial charge in [-0.15, -0.1) is 0 Å². The van der Waals surface area contributed by atoms with Gasteiger partial charge in [-0.1, -0.05) is 49.2 Å². The van der Waals surface area contributed by atoms with Crippen molar-refractivity contribution in [3.05, 3.63) is 66.0 Å². The molecule has 1 aliphatic heterocycles. The fraction of sp³-hybridized carbons (Fsp3) is 0.409. The molecule has 0 spiro atoms. The number of pyridine rings is 1. The Morgan fingerprint density at radius 2 is 1.44 bits per heavy atom. The molecule has 27 heavy (non-hydrogen) atoms. The predicted molar refractivity (Wildman–Crippen MR) is 103 cm³/mol. The van der Waals surface area contributed by atoms with Gasteiger partial charge in [-0.05, 0) is 30.5 Å². The second-order valence-corrected chi connectivity index (χ2v) is 7.45. The average molecular weight is 363 g/mol. The van der Waals surface area contributed by atoms with Gasteiger partial charge >= 0.3 is 0 Å². The number of carbonyl (C=O) groups is 2. The molecule has 2 aromatic rings. The molecule has 0 radical (unpaired) electrons. The van der Waals surface area contributed by atoms with E-state index in [0.29, 0.717) is 31.9 Å². The van der Waals surface area contributed by atoms with Crippen LogP contribution in [0.1, 0.15) is 41.7 Å². The molecule has 5 nitrogen and oxygen atoms in total. The predicted octanol–water partition coefficient (Wildman–Crippen LogP) is 2.88.